The lowest BCUT2D eigenvalue weighted by molar-refractivity contribution is -0.127. The van der Waals surface area contributed by atoms with Crippen LogP contribution in [0.5, 0.6) is 0 Å². The summed E-state index contributed by atoms with van der Waals surface area (Å²) < 4.78 is 4.77. The van der Waals surface area contributed by atoms with Crippen LogP contribution in [-0.4, -0.2) is 18.0 Å². The first-order chi connectivity index (χ1) is 6.98. The third kappa shape index (κ3) is 1.28. The quantitative estimate of drug-likeness (QED) is 0.391. The lowest BCUT2D eigenvalue weighted by Crippen LogP contribution is -2.45. The number of hydrogen-bond donors (Lipinski definition) is 1. The second-order valence-corrected chi connectivity index (χ2v) is 3.42. The molecule has 0 radical (unpaired) electrons. The van der Waals surface area contributed by atoms with Crippen molar-refractivity contribution in [2.45, 2.75) is 12.2 Å². The Morgan fingerprint density at radius 3 is 2.40 bits per heavy atom. The standard InChI is InChI=1S/C10H8O5/c1-15-10(14)3-2-5-6(4-10)8(12)9(13)7(5)11/h2,4,14H,3H2,1H3. The fourth-order valence-electron chi connectivity index (χ4n) is 1.61. The summed E-state index contributed by atoms with van der Waals surface area (Å²) in [7, 11) is 1.28. The van der Waals surface area contributed by atoms with E-state index < -0.39 is 22.1 Å². The zero-order chi connectivity index (χ0) is 11.2. The highest BCUT2D eigenvalue weighted by atomic mass is 16.6. The van der Waals surface area contributed by atoms with Gasteiger partial charge in [0.15, 0.2) is 5.79 Å². The van der Waals surface area contributed by atoms with Crippen molar-refractivity contribution >= 4 is 12.2 Å². The molecule has 1 unspecified atom stereocenters. The van der Waals surface area contributed by atoms with Gasteiger partial charge in [0.05, 0.1) is 0 Å². The number of fused-ring (bicyclic) bond motifs is 1. The van der Waals surface area contributed by atoms with E-state index in [1.165, 1.54) is 13.2 Å². The molecule has 1 aromatic rings. The van der Waals surface area contributed by atoms with E-state index in [-0.39, 0.29) is 16.9 Å². The maximum Gasteiger partial charge on any atom is 0.273 e. The molecule has 78 valence electrons. The molecule has 2 rings (SSSR count). The van der Waals surface area contributed by atoms with Crippen LogP contribution in [0, 0.1) is 0 Å². The molecule has 0 aromatic heterocycles. The summed E-state index contributed by atoms with van der Waals surface area (Å²) in [5.41, 5.74) is -2.72. The minimum Gasteiger partial charge on any atom is -0.362 e. The van der Waals surface area contributed by atoms with E-state index in [1.807, 2.05) is 0 Å². The number of methoxy groups -OCH3 is 1. The molecule has 0 spiro atoms. The highest BCUT2D eigenvalue weighted by Crippen LogP contribution is 2.14. The van der Waals surface area contributed by atoms with Crippen molar-refractivity contribution in [1.82, 2.24) is 0 Å². The van der Waals surface area contributed by atoms with E-state index in [0.717, 1.165) is 6.08 Å². The summed E-state index contributed by atoms with van der Waals surface area (Å²) in [6.45, 7) is 0. The molecule has 0 saturated carbocycles. The minimum atomic E-state index is -1.60. The SMILES string of the molecule is COC1(O)C=c2c(=O)c(=O)c(=O)c2=CC1. The maximum absolute atomic E-state index is 11.3. The normalized spacial score (nSPS) is 24.1. The predicted octanol–water partition coefficient (Wildman–Crippen LogP) is -3.06. The molecule has 0 heterocycles. The van der Waals surface area contributed by atoms with Gasteiger partial charge in [-0.05, 0) is 6.08 Å². The highest BCUT2D eigenvalue weighted by Gasteiger charge is 2.26. The van der Waals surface area contributed by atoms with E-state index in [4.69, 9.17) is 4.74 Å². The van der Waals surface area contributed by atoms with Gasteiger partial charge in [0.1, 0.15) is 0 Å². The fraction of sp³-hybridized carbons (Fsp3) is 0.300. The lowest BCUT2D eigenvalue weighted by atomic mass is 10.1. The van der Waals surface area contributed by atoms with E-state index in [0.29, 0.717) is 0 Å². The van der Waals surface area contributed by atoms with Gasteiger partial charge >= 0.3 is 0 Å². The summed E-state index contributed by atoms with van der Waals surface area (Å²) in [6.07, 6.45) is 2.52. The van der Waals surface area contributed by atoms with E-state index >= 15 is 0 Å². The Kier molecular flexibility index (Phi) is 1.95. The third-order valence-corrected chi connectivity index (χ3v) is 2.51. The van der Waals surface area contributed by atoms with Crippen molar-refractivity contribution < 1.29 is 9.84 Å². The molecule has 1 aliphatic rings. The second-order valence-electron chi connectivity index (χ2n) is 3.42. The van der Waals surface area contributed by atoms with Gasteiger partial charge < -0.3 is 9.84 Å². The van der Waals surface area contributed by atoms with Crippen LogP contribution in [0.1, 0.15) is 6.42 Å². The van der Waals surface area contributed by atoms with Crippen LogP contribution in [0.4, 0.5) is 0 Å². The molecule has 0 amide bonds. The number of rotatable bonds is 1. The summed E-state index contributed by atoms with van der Waals surface area (Å²) in [6, 6.07) is 0. The smallest absolute Gasteiger partial charge is 0.273 e. The van der Waals surface area contributed by atoms with Gasteiger partial charge in [-0.3, -0.25) is 14.4 Å². The Bertz CT molecular complexity index is 662. The molecule has 15 heavy (non-hydrogen) atoms. The monoisotopic (exact) mass is 208 g/mol. The zero-order valence-corrected chi connectivity index (χ0v) is 7.94. The number of ether oxygens (including phenoxy) is 1. The van der Waals surface area contributed by atoms with Crippen LogP contribution in [0.3, 0.4) is 0 Å². The molecule has 0 saturated heterocycles. The van der Waals surface area contributed by atoms with Crippen LogP contribution in [0.15, 0.2) is 14.4 Å². The Balaban J connectivity index is 2.97. The van der Waals surface area contributed by atoms with Gasteiger partial charge in [-0.15, -0.1) is 0 Å². The molecular formula is C10H8O5. The van der Waals surface area contributed by atoms with Crippen molar-refractivity contribution in [3.63, 3.8) is 0 Å². The highest BCUT2D eigenvalue weighted by molar-refractivity contribution is 5.45. The van der Waals surface area contributed by atoms with Crippen LogP contribution >= 0.6 is 0 Å². The Morgan fingerprint density at radius 1 is 1.20 bits per heavy atom. The van der Waals surface area contributed by atoms with Crippen molar-refractivity contribution in [2.75, 3.05) is 7.11 Å². The second kappa shape index (κ2) is 2.95. The molecule has 0 bridgehead atoms. The fourth-order valence-corrected chi connectivity index (χ4v) is 1.61. The number of hydrogen-bond acceptors (Lipinski definition) is 5. The molecule has 5 nitrogen and oxygen atoms in total. The summed E-state index contributed by atoms with van der Waals surface area (Å²) >= 11 is 0. The molecule has 0 aliphatic heterocycles. The average molecular weight is 208 g/mol. The van der Waals surface area contributed by atoms with Crippen LogP contribution < -0.4 is 26.7 Å². The van der Waals surface area contributed by atoms with Gasteiger partial charge in [0, 0.05) is 24.0 Å². The van der Waals surface area contributed by atoms with Gasteiger partial charge in [-0.1, -0.05) is 6.08 Å². The lowest BCUT2D eigenvalue weighted by Gasteiger charge is -2.22. The van der Waals surface area contributed by atoms with E-state index in [2.05, 4.69) is 0 Å². The molecule has 5 heteroatoms. The molecular weight excluding hydrogens is 200 g/mol. The first-order valence-corrected chi connectivity index (χ1v) is 4.33. The van der Waals surface area contributed by atoms with Gasteiger partial charge in [-0.25, -0.2) is 0 Å². The molecule has 0 fully saturated rings. The third-order valence-electron chi connectivity index (χ3n) is 2.51. The molecule has 1 N–H and O–H groups in total. The van der Waals surface area contributed by atoms with E-state index in [9.17, 15) is 19.5 Å². The molecule has 1 atom stereocenters. The predicted molar refractivity (Wildman–Crippen MR) is 52.4 cm³/mol. The summed E-state index contributed by atoms with van der Waals surface area (Å²) in [5, 5.41) is 9.72. The van der Waals surface area contributed by atoms with Crippen molar-refractivity contribution in [3.05, 3.63) is 41.1 Å². The van der Waals surface area contributed by atoms with Gasteiger partial charge in [0.2, 0.25) is 10.9 Å². The Morgan fingerprint density at radius 2 is 1.80 bits per heavy atom. The maximum atomic E-state index is 11.3. The largest absolute Gasteiger partial charge is 0.362 e. The Hall–Kier alpha value is -1.59. The zero-order valence-electron chi connectivity index (χ0n) is 7.94. The van der Waals surface area contributed by atoms with Crippen LogP contribution in [0.25, 0.3) is 12.2 Å². The molecule has 1 aliphatic carbocycles. The average Bonchev–Trinajstić information content (AvgIpc) is 2.44. The number of aliphatic hydroxyl groups is 1. The summed E-state index contributed by atoms with van der Waals surface area (Å²) in [4.78, 5) is 33.6. The van der Waals surface area contributed by atoms with Crippen molar-refractivity contribution in [3.8, 4) is 0 Å². The van der Waals surface area contributed by atoms with Crippen LogP contribution in [0.2, 0.25) is 0 Å². The van der Waals surface area contributed by atoms with Gasteiger partial charge in [0.25, 0.3) is 5.43 Å². The first kappa shape index (κ1) is 9.95. The van der Waals surface area contributed by atoms with Crippen molar-refractivity contribution in [1.29, 1.82) is 0 Å². The minimum absolute atomic E-state index is 0.0502. The topological polar surface area (TPSA) is 80.7 Å². The summed E-state index contributed by atoms with van der Waals surface area (Å²) in [5.74, 6) is -1.60. The van der Waals surface area contributed by atoms with Crippen LogP contribution in [-0.2, 0) is 4.74 Å². The Labute approximate surface area is 83.3 Å². The van der Waals surface area contributed by atoms with Gasteiger partial charge in [-0.2, -0.15) is 0 Å². The molecule has 1 aromatic carbocycles. The van der Waals surface area contributed by atoms with E-state index in [1.54, 1.807) is 0 Å². The first-order valence-electron chi connectivity index (χ1n) is 4.33. The van der Waals surface area contributed by atoms with Crippen molar-refractivity contribution in [2.24, 2.45) is 0 Å².